The van der Waals surface area contributed by atoms with Crippen molar-refractivity contribution >= 4 is 0 Å². The summed E-state index contributed by atoms with van der Waals surface area (Å²) < 4.78 is 22.1. The Morgan fingerprint density at radius 3 is 2.54 bits per heavy atom. The van der Waals surface area contributed by atoms with Crippen LogP contribution in [0.15, 0.2) is 42.5 Å². The molecule has 0 amide bonds. The van der Waals surface area contributed by atoms with Gasteiger partial charge in [0.15, 0.2) is 11.5 Å². The van der Waals surface area contributed by atoms with Crippen LogP contribution in [0.25, 0.3) is 0 Å². The van der Waals surface area contributed by atoms with Crippen molar-refractivity contribution in [3.63, 3.8) is 0 Å². The summed E-state index contributed by atoms with van der Waals surface area (Å²) in [6, 6.07) is 14.5. The molecule has 0 spiro atoms. The first-order valence-electron chi connectivity index (χ1n) is 9.15. The van der Waals surface area contributed by atoms with Crippen LogP contribution in [-0.4, -0.2) is 38.1 Å². The first-order chi connectivity index (χ1) is 12.8. The Balaban J connectivity index is 1.47. The molecule has 0 N–H and O–H groups in total. The van der Waals surface area contributed by atoms with Crippen molar-refractivity contribution in [2.75, 3.05) is 27.1 Å². The maximum atomic E-state index is 5.86. The molecule has 138 valence electrons. The van der Waals surface area contributed by atoms with E-state index in [-0.39, 0.29) is 0 Å². The maximum Gasteiger partial charge on any atom is 0.231 e. The molecule has 4 rings (SSSR count). The molecule has 2 aliphatic heterocycles. The van der Waals surface area contributed by atoms with Crippen LogP contribution in [0.3, 0.4) is 0 Å². The van der Waals surface area contributed by atoms with Gasteiger partial charge < -0.3 is 18.9 Å². The van der Waals surface area contributed by atoms with Gasteiger partial charge in [-0.3, -0.25) is 4.90 Å². The molecule has 5 heteroatoms. The van der Waals surface area contributed by atoms with Crippen molar-refractivity contribution in [3.05, 3.63) is 53.6 Å². The smallest absolute Gasteiger partial charge is 0.231 e. The Kier molecular flexibility index (Phi) is 5.27. The van der Waals surface area contributed by atoms with Crippen LogP contribution >= 0.6 is 0 Å². The molecule has 1 saturated heterocycles. The molecule has 0 radical (unpaired) electrons. The van der Waals surface area contributed by atoms with Crippen molar-refractivity contribution < 1.29 is 18.9 Å². The van der Waals surface area contributed by atoms with Gasteiger partial charge in [-0.25, -0.2) is 0 Å². The van der Waals surface area contributed by atoms with E-state index in [1.54, 1.807) is 7.11 Å². The lowest BCUT2D eigenvalue weighted by atomic mass is 10.1. The normalized spacial score (nSPS) is 18.5. The number of fused-ring (bicyclic) bond motifs is 1. The summed E-state index contributed by atoms with van der Waals surface area (Å²) in [6.07, 6.45) is 2.62. The first-order valence-corrected chi connectivity index (χ1v) is 9.15. The molecule has 0 aliphatic carbocycles. The highest BCUT2D eigenvalue weighted by atomic mass is 16.7. The largest absolute Gasteiger partial charge is 0.497 e. The number of nitrogens with zero attached hydrogens (tertiary/aromatic N) is 1. The molecule has 26 heavy (non-hydrogen) atoms. The summed E-state index contributed by atoms with van der Waals surface area (Å²) in [7, 11) is 1.69. The van der Waals surface area contributed by atoms with Crippen molar-refractivity contribution in [2.24, 2.45) is 0 Å². The molecule has 5 nitrogen and oxygen atoms in total. The van der Waals surface area contributed by atoms with Gasteiger partial charge in [-0.2, -0.15) is 0 Å². The third-order valence-electron chi connectivity index (χ3n) is 4.89. The zero-order valence-electron chi connectivity index (χ0n) is 15.1. The summed E-state index contributed by atoms with van der Waals surface area (Å²) in [5.74, 6) is 2.55. The molecule has 0 aromatic heterocycles. The fourth-order valence-electron chi connectivity index (χ4n) is 3.55. The van der Waals surface area contributed by atoms with Crippen LogP contribution in [0.2, 0.25) is 0 Å². The summed E-state index contributed by atoms with van der Waals surface area (Å²) in [5, 5.41) is 0. The minimum absolute atomic E-state index is 0.310. The number of rotatable bonds is 7. The van der Waals surface area contributed by atoms with Crippen molar-refractivity contribution in [1.29, 1.82) is 0 Å². The van der Waals surface area contributed by atoms with Crippen LogP contribution in [0.1, 0.15) is 24.0 Å². The van der Waals surface area contributed by atoms with E-state index in [4.69, 9.17) is 18.9 Å². The first kappa shape index (κ1) is 17.2. The van der Waals surface area contributed by atoms with Crippen LogP contribution < -0.4 is 14.2 Å². The fourth-order valence-corrected chi connectivity index (χ4v) is 3.55. The predicted molar refractivity (Wildman–Crippen MR) is 98.6 cm³/mol. The third kappa shape index (κ3) is 4.11. The van der Waals surface area contributed by atoms with E-state index in [0.29, 0.717) is 12.9 Å². The number of hydrogen-bond donors (Lipinski definition) is 0. The Hall–Kier alpha value is -2.24. The summed E-state index contributed by atoms with van der Waals surface area (Å²) in [4.78, 5) is 2.44. The molecule has 1 unspecified atom stereocenters. The Morgan fingerprint density at radius 2 is 1.77 bits per heavy atom. The second-order valence-electron chi connectivity index (χ2n) is 6.84. The Bertz CT molecular complexity index is 725. The minimum atomic E-state index is 0.310. The van der Waals surface area contributed by atoms with Crippen molar-refractivity contribution in [2.45, 2.75) is 32.0 Å². The lowest BCUT2D eigenvalue weighted by molar-refractivity contribution is 0.0679. The van der Waals surface area contributed by atoms with E-state index in [1.165, 1.54) is 11.1 Å². The van der Waals surface area contributed by atoms with Gasteiger partial charge in [0.2, 0.25) is 6.79 Å². The van der Waals surface area contributed by atoms with E-state index in [1.807, 2.05) is 18.2 Å². The number of ether oxygens (including phenoxy) is 4. The fraction of sp³-hybridized carbons (Fsp3) is 0.429. The monoisotopic (exact) mass is 355 g/mol. The van der Waals surface area contributed by atoms with Gasteiger partial charge in [0.05, 0.1) is 13.2 Å². The van der Waals surface area contributed by atoms with Crippen LogP contribution in [0, 0.1) is 0 Å². The van der Waals surface area contributed by atoms with E-state index in [0.717, 1.165) is 56.3 Å². The van der Waals surface area contributed by atoms with Crippen LogP contribution in [0.4, 0.5) is 0 Å². The predicted octanol–water partition coefficient (Wildman–Crippen LogP) is 3.61. The standard InChI is InChI=1S/C21H25NO4/c1-23-18-7-4-16(5-8-18)12-22(14-19-3-2-10-24-19)13-17-6-9-20-21(11-17)26-15-25-20/h4-9,11,19H,2-3,10,12-15H2,1H3. The van der Waals surface area contributed by atoms with Crippen LogP contribution in [0.5, 0.6) is 17.2 Å². The summed E-state index contributed by atoms with van der Waals surface area (Å²) in [5.41, 5.74) is 2.49. The molecule has 1 fully saturated rings. The Morgan fingerprint density at radius 1 is 1.00 bits per heavy atom. The zero-order valence-corrected chi connectivity index (χ0v) is 15.1. The maximum absolute atomic E-state index is 5.86. The quantitative estimate of drug-likeness (QED) is 0.759. The number of hydrogen-bond acceptors (Lipinski definition) is 5. The highest BCUT2D eigenvalue weighted by Gasteiger charge is 2.21. The Labute approximate surface area is 154 Å². The van der Waals surface area contributed by atoms with Crippen molar-refractivity contribution in [1.82, 2.24) is 4.90 Å². The van der Waals surface area contributed by atoms with E-state index in [2.05, 4.69) is 29.2 Å². The molecule has 1 atom stereocenters. The third-order valence-corrected chi connectivity index (χ3v) is 4.89. The van der Waals surface area contributed by atoms with Crippen molar-refractivity contribution in [3.8, 4) is 17.2 Å². The van der Waals surface area contributed by atoms with Gasteiger partial charge in [-0.05, 0) is 48.2 Å². The summed E-state index contributed by atoms with van der Waals surface area (Å²) in [6.45, 7) is 3.84. The molecule has 2 aliphatic rings. The second-order valence-corrected chi connectivity index (χ2v) is 6.84. The zero-order chi connectivity index (χ0) is 17.8. The highest BCUT2D eigenvalue weighted by molar-refractivity contribution is 5.44. The SMILES string of the molecule is COc1ccc(CN(Cc2ccc3c(c2)OCO3)CC2CCCO2)cc1. The summed E-state index contributed by atoms with van der Waals surface area (Å²) >= 11 is 0. The van der Waals surface area contributed by atoms with E-state index < -0.39 is 0 Å². The average molecular weight is 355 g/mol. The molecule has 2 aromatic rings. The van der Waals surface area contributed by atoms with Gasteiger partial charge in [-0.15, -0.1) is 0 Å². The van der Waals surface area contributed by atoms with Gasteiger partial charge in [0.25, 0.3) is 0 Å². The topological polar surface area (TPSA) is 40.2 Å². The van der Waals surface area contributed by atoms with Crippen LogP contribution in [-0.2, 0) is 17.8 Å². The lowest BCUT2D eigenvalue weighted by Gasteiger charge is -2.25. The highest BCUT2D eigenvalue weighted by Crippen LogP contribution is 2.33. The molecule has 0 saturated carbocycles. The average Bonchev–Trinajstić information content (AvgIpc) is 3.33. The molecular weight excluding hydrogens is 330 g/mol. The number of methoxy groups -OCH3 is 1. The number of benzene rings is 2. The molecular formula is C21H25NO4. The van der Waals surface area contributed by atoms with Gasteiger partial charge >= 0.3 is 0 Å². The molecule has 0 bridgehead atoms. The molecule has 2 heterocycles. The van der Waals surface area contributed by atoms with E-state index in [9.17, 15) is 0 Å². The minimum Gasteiger partial charge on any atom is -0.497 e. The molecule has 2 aromatic carbocycles. The van der Waals surface area contributed by atoms with Gasteiger partial charge in [-0.1, -0.05) is 18.2 Å². The lowest BCUT2D eigenvalue weighted by Crippen LogP contribution is -2.31. The second kappa shape index (κ2) is 7.98. The van der Waals surface area contributed by atoms with Gasteiger partial charge in [0.1, 0.15) is 5.75 Å². The van der Waals surface area contributed by atoms with Gasteiger partial charge in [0, 0.05) is 26.2 Å². The van der Waals surface area contributed by atoms with E-state index >= 15 is 0 Å².